The molecule has 0 aliphatic carbocycles. The number of carboxylic acid groups (broad SMARTS) is 1. The predicted octanol–water partition coefficient (Wildman–Crippen LogP) is 2.09. The summed E-state index contributed by atoms with van der Waals surface area (Å²) in [5, 5.41) is 8.87. The molecule has 4 nitrogen and oxygen atoms in total. The molecule has 0 aromatic carbocycles. The highest BCUT2D eigenvalue weighted by Crippen LogP contribution is 2.26. The second-order valence-electron chi connectivity index (χ2n) is 5.80. The van der Waals surface area contributed by atoms with E-state index in [0.29, 0.717) is 18.3 Å². The average molecular weight is 257 g/mol. The van der Waals surface area contributed by atoms with Crippen molar-refractivity contribution in [3.8, 4) is 0 Å². The molecule has 1 rings (SSSR count). The molecule has 1 fully saturated rings. The number of nitrogens with zero attached hydrogens (tertiary/aromatic N) is 1. The van der Waals surface area contributed by atoms with Crippen molar-refractivity contribution in [1.82, 2.24) is 4.90 Å². The maximum absolute atomic E-state index is 10.8. The van der Waals surface area contributed by atoms with Gasteiger partial charge >= 0.3 is 5.97 Å². The van der Waals surface area contributed by atoms with Crippen LogP contribution in [0.1, 0.15) is 33.1 Å². The van der Waals surface area contributed by atoms with Gasteiger partial charge in [0.1, 0.15) is 0 Å². The Kier molecular flexibility index (Phi) is 6.65. The minimum atomic E-state index is -0.674. The van der Waals surface area contributed by atoms with Gasteiger partial charge in [-0.25, -0.2) is 0 Å². The minimum absolute atomic E-state index is 0.281. The van der Waals surface area contributed by atoms with Gasteiger partial charge in [-0.3, -0.25) is 4.79 Å². The summed E-state index contributed by atoms with van der Waals surface area (Å²) in [7, 11) is 1.74. The first-order valence-electron chi connectivity index (χ1n) is 6.96. The van der Waals surface area contributed by atoms with Gasteiger partial charge in [0, 0.05) is 33.2 Å². The Bertz CT molecular complexity index is 257. The van der Waals surface area contributed by atoms with E-state index in [-0.39, 0.29) is 5.92 Å². The van der Waals surface area contributed by atoms with Crippen LogP contribution in [-0.2, 0) is 9.53 Å². The number of carbonyl (C=O) groups is 1. The van der Waals surface area contributed by atoms with Crippen molar-refractivity contribution in [2.45, 2.75) is 33.1 Å². The second kappa shape index (κ2) is 7.74. The van der Waals surface area contributed by atoms with Gasteiger partial charge in [-0.2, -0.15) is 0 Å². The first-order chi connectivity index (χ1) is 8.52. The lowest BCUT2D eigenvalue weighted by Gasteiger charge is -2.36. The molecule has 0 aromatic heterocycles. The molecule has 0 radical (unpaired) electrons. The summed E-state index contributed by atoms with van der Waals surface area (Å²) in [6, 6.07) is 0. The summed E-state index contributed by atoms with van der Waals surface area (Å²) >= 11 is 0. The lowest BCUT2D eigenvalue weighted by atomic mass is 9.84. The van der Waals surface area contributed by atoms with E-state index in [2.05, 4.69) is 18.7 Å². The van der Waals surface area contributed by atoms with Crippen LogP contribution in [0.2, 0.25) is 0 Å². The van der Waals surface area contributed by atoms with E-state index < -0.39 is 5.97 Å². The van der Waals surface area contributed by atoms with Gasteiger partial charge in [0.15, 0.2) is 0 Å². The Morgan fingerprint density at radius 1 is 1.50 bits per heavy atom. The number of aliphatic carboxylic acids is 1. The number of methoxy groups -OCH3 is 1. The number of carboxylic acids is 1. The van der Waals surface area contributed by atoms with E-state index in [1.165, 1.54) is 12.8 Å². The van der Waals surface area contributed by atoms with Gasteiger partial charge in [0.25, 0.3) is 0 Å². The summed E-state index contributed by atoms with van der Waals surface area (Å²) in [6.45, 7) is 8.32. The molecule has 106 valence electrons. The van der Waals surface area contributed by atoms with Crippen molar-refractivity contribution < 1.29 is 14.6 Å². The highest BCUT2D eigenvalue weighted by atomic mass is 16.5. The van der Waals surface area contributed by atoms with Gasteiger partial charge in [0.2, 0.25) is 0 Å². The largest absolute Gasteiger partial charge is 0.481 e. The molecule has 4 heteroatoms. The van der Waals surface area contributed by atoms with E-state index in [1.54, 1.807) is 7.11 Å². The third-order valence-electron chi connectivity index (χ3n) is 3.86. The minimum Gasteiger partial charge on any atom is -0.481 e. The van der Waals surface area contributed by atoms with Crippen molar-refractivity contribution >= 4 is 5.97 Å². The zero-order chi connectivity index (χ0) is 13.5. The van der Waals surface area contributed by atoms with Crippen LogP contribution in [0.5, 0.6) is 0 Å². The normalized spacial score (nSPS) is 24.7. The molecule has 0 saturated carbocycles. The summed E-state index contributed by atoms with van der Waals surface area (Å²) < 4.78 is 5.17. The molecule has 1 aliphatic heterocycles. The van der Waals surface area contributed by atoms with Gasteiger partial charge in [-0.1, -0.05) is 13.8 Å². The van der Waals surface area contributed by atoms with Crippen molar-refractivity contribution in [3.63, 3.8) is 0 Å². The summed E-state index contributed by atoms with van der Waals surface area (Å²) in [6.07, 6.45) is 2.66. The fraction of sp³-hybridized carbons (Fsp3) is 0.929. The third-order valence-corrected chi connectivity index (χ3v) is 3.86. The van der Waals surface area contributed by atoms with Crippen LogP contribution in [0.4, 0.5) is 0 Å². The lowest BCUT2D eigenvalue weighted by Crippen LogP contribution is -2.41. The van der Waals surface area contributed by atoms with Crippen molar-refractivity contribution in [3.05, 3.63) is 0 Å². The molecule has 18 heavy (non-hydrogen) atoms. The van der Waals surface area contributed by atoms with Crippen molar-refractivity contribution in [2.24, 2.45) is 17.8 Å². The van der Waals surface area contributed by atoms with E-state index in [9.17, 15) is 4.79 Å². The fourth-order valence-electron chi connectivity index (χ4n) is 2.94. The Morgan fingerprint density at radius 2 is 2.22 bits per heavy atom. The maximum Gasteiger partial charge on any atom is 0.303 e. The van der Waals surface area contributed by atoms with Crippen LogP contribution in [0.3, 0.4) is 0 Å². The molecular formula is C14H27NO3. The Hall–Kier alpha value is -0.610. The molecule has 1 aliphatic rings. The number of likely N-dealkylation sites (tertiary alicyclic amines) is 1. The fourth-order valence-corrected chi connectivity index (χ4v) is 2.94. The molecule has 1 N–H and O–H groups in total. The number of piperidine rings is 1. The zero-order valence-electron chi connectivity index (χ0n) is 11.9. The molecule has 1 saturated heterocycles. The van der Waals surface area contributed by atoms with Crippen LogP contribution < -0.4 is 0 Å². The van der Waals surface area contributed by atoms with Crippen molar-refractivity contribution in [2.75, 3.05) is 33.4 Å². The van der Waals surface area contributed by atoms with E-state index in [4.69, 9.17) is 9.84 Å². The third kappa shape index (κ3) is 5.36. The standard InChI is InChI=1S/C14H27NO3/c1-11(10-18-3)8-15-6-4-5-13(9-15)12(2)7-14(16)17/h11-13H,4-10H2,1-3H3,(H,16,17). The van der Waals surface area contributed by atoms with Crippen LogP contribution in [0.15, 0.2) is 0 Å². The molecule has 0 aromatic rings. The maximum atomic E-state index is 10.8. The summed E-state index contributed by atoms with van der Waals surface area (Å²) in [4.78, 5) is 13.2. The highest BCUT2D eigenvalue weighted by molar-refractivity contribution is 5.66. The van der Waals surface area contributed by atoms with Gasteiger partial charge in [-0.05, 0) is 37.1 Å². The number of hydrogen-bond acceptors (Lipinski definition) is 3. The Morgan fingerprint density at radius 3 is 2.83 bits per heavy atom. The Labute approximate surface area is 110 Å². The van der Waals surface area contributed by atoms with Crippen LogP contribution in [0, 0.1) is 17.8 Å². The molecule has 3 atom stereocenters. The van der Waals surface area contributed by atoms with Crippen molar-refractivity contribution in [1.29, 1.82) is 0 Å². The quantitative estimate of drug-likeness (QED) is 0.758. The number of hydrogen-bond donors (Lipinski definition) is 1. The van der Waals surface area contributed by atoms with Gasteiger partial charge in [-0.15, -0.1) is 0 Å². The molecule has 0 spiro atoms. The monoisotopic (exact) mass is 257 g/mol. The first-order valence-corrected chi connectivity index (χ1v) is 6.96. The van der Waals surface area contributed by atoms with Gasteiger partial charge < -0.3 is 14.7 Å². The van der Waals surface area contributed by atoms with Gasteiger partial charge in [0.05, 0.1) is 0 Å². The topological polar surface area (TPSA) is 49.8 Å². The summed E-state index contributed by atoms with van der Waals surface area (Å²) in [5.41, 5.74) is 0. The SMILES string of the molecule is COCC(C)CN1CCCC(C(C)CC(=O)O)C1. The second-order valence-corrected chi connectivity index (χ2v) is 5.80. The summed E-state index contributed by atoms with van der Waals surface area (Å²) in [5.74, 6) is 0.684. The molecular weight excluding hydrogens is 230 g/mol. The van der Waals surface area contributed by atoms with Crippen LogP contribution in [-0.4, -0.2) is 49.3 Å². The molecule has 1 heterocycles. The van der Waals surface area contributed by atoms with Crippen LogP contribution in [0.25, 0.3) is 0 Å². The smallest absolute Gasteiger partial charge is 0.303 e. The number of rotatable bonds is 7. The molecule has 0 amide bonds. The van der Waals surface area contributed by atoms with E-state index in [1.807, 2.05) is 0 Å². The first kappa shape index (κ1) is 15.4. The molecule has 0 bridgehead atoms. The predicted molar refractivity (Wildman–Crippen MR) is 71.6 cm³/mol. The Balaban J connectivity index is 2.38. The molecule has 3 unspecified atom stereocenters. The van der Waals surface area contributed by atoms with Crippen LogP contribution >= 0.6 is 0 Å². The lowest BCUT2D eigenvalue weighted by molar-refractivity contribution is -0.138. The van der Waals surface area contributed by atoms with E-state index >= 15 is 0 Å². The number of ether oxygens (including phenoxy) is 1. The zero-order valence-corrected chi connectivity index (χ0v) is 11.9. The van der Waals surface area contributed by atoms with E-state index in [0.717, 1.165) is 26.2 Å². The highest BCUT2D eigenvalue weighted by Gasteiger charge is 2.26. The average Bonchev–Trinajstić information content (AvgIpc) is 2.28.